The molecule has 1 aromatic heterocycles. The molecule has 0 radical (unpaired) electrons. The maximum Gasteiger partial charge on any atom is 0.128 e. The van der Waals surface area contributed by atoms with E-state index in [-0.39, 0.29) is 0 Å². The summed E-state index contributed by atoms with van der Waals surface area (Å²) in [7, 11) is 0. The van der Waals surface area contributed by atoms with E-state index in [2.05, 4.69) is 21.3 Å². The highest BCUT2D eigenvalue weighted by Crippen LogP contribution is 2.22. The Morgan fingerprint density at radius 1 is 1.23 bits per heavy atom. The molecular formula is C10H13N3. The summed E-state index contributed by atoms with van der Waals surface area (Å²) >= 11 is 0. The molecule has 1 saturated heterocycles. The SMILES string of the molecule is c1nc(N2CCC2)cc2c1CNC2. The highest BCUT2D eigenvalue weighted by atomic mass is 15.2. The molecule has 0 amide bonds. The van der Waals surface area contributed by atoms with Crippen LogP contribution in [0.15, 0.2) is 12.3 Å². The fraction of sp³-hybridized carbons (Fsp3) is 0.500. The third-order valence-corrected chi connectivity index (χ3v) is 2.88. The second-order valence-corrected chi connectivity index (χ2v) is 3.76. The largest absolute Gasteiger partial charge is 0.356 e. The van der Waals surface area contributed by atoms with E-state index in [0.717, 1.165) is 18.9 Å². The number of nitrogens with one attached hydrogen (secondary N) is 1. The normalized spacial score (nSPS) is 19.8. The van der Waals surface area contributed by atoms with Crippen LogP contribution in [0.5, 0.6) is 0 Å². The van der Waals surface area contributed by atoms with E-state index in [1.54, 1.807) is 0 Å². The lowest BCUT2D eigenvalue weighted by molar-refractivity contribution is 0.609. The van der Waals surface area contributed by atoms with E-state index in [4.69, 9.17) is 0 Å². The molecule has 68 valence electrons. The van der Waals surface area contributed by atoms with Gasteiger partial charge in [-0.3, -0.25) is 0 Å². The Hall–Kier alpha value is -1.09. The zero-order valence-electron chi connectivity index (χ0n) is 7.58. The molecule has 0 spiro atoms. The van der Waals surface area contributed by atoms with Crippen LogP contribution in [0.1, 0.15) is 17.5 Å². The van der Waals surface area contributed by atoms with Crippen LogP contribution in [-0.2, 0) is 13.1 Å². The van der Waals surface area contributed by atoms with Crippen LogP contribution in [0.25, 0.3) is 0 Å². The minimum atomic E-state index is 0.989. The number of nitrogens with zero attached hydrogens (tertiary/aromatic N) is 2. The number of fused-ring (bicyclic) bond motifs is 1. The first kappa shape index (κ1) is 7.33. The Morgan fingerprint density at radius 3 is 2.85 bits per heavy atom. The standard InChI is InChI=1S/C10H13N3/c1-2-13(3-1)10-4-8-5-11-6-9(8)7-12-10/h4,7,11H,1-3,5-6H2. The minimum Gasteiger partial charge on any atom is -0.356 e. The predicted molar refractivity (Wildman–Crippen MR) is 51.6 cm³/mol. The van der Waals surface area contributed by atoms with E-state index < -0.39 is 0 Å². The van der Waals surface area contributed by atoms with Crippen LogP contribution in [0.4, 0.5) is 5.82 Å². The summed E-state index contributed by atoms with van der Waals surface area (Å²) in [5.74, 6) is 1.16. The topological polar surface area (TPSA) is 28.2 Å². The molecule has 3 rings (SSSR count). The molecule has 1 fully saturated rings. The van der Waals surface area contributed by atoms with E-state index in [9.17, 15) is 0 Å². The molecule has 1 N–H and O–H groups in total. The van der Waals surface area contributed by atoms with Crippen molar-refractivity contribution in [3.05, 3.63) is 23.4 Å². The quantitative estimate of drug-likeness (QED) is 0.687. The first-order valence-corrected chi connectivity index (χ1v) is 4.87. The van der Waals surface area contributed by atoms with Crippen molar-refractivity contribution >= 4 is 5.82 Å². The summed E-state index contributed by atoms with van der Waals surface area (Å²) in [5.41, 5.74) is 2.79. The average Bonchev–Trinajstić information content (AvgIpc) is 2.47. The fourth-order valence-electron chi connectivity index (χ4n) is 1.89. The summed E-state index contributed by atoms with van der Waals surface area (Å²) < 4.78 is 0. The van der Waals surface area contributed by atoms with Gasteiger partial charge in [-0.1, -0.05) is 0 Å². The van der Waals surface area contributed by atoms with Crippen molar-refractivity contribution in [1.29, 1.82) is 0 Å². The molecule has 1 aromatic rings. The monoisotopic (exact) mass is 175 g/mol. The number of hydrogen-bond acceptors (Lipinski definition) is 3. The van der Waals surface area contributed by atoms with Gasteiger partial charge in [-0.15, -0.1) is 0 Å². The first-order valence-electron chi connectivity index (χ1n) is 4.87. The number of anilines is 1. The Balaban J connectivity index is 1.95. The van der Waals surface area contributed by atoms with Crippen LogP contribution in [0.2, 0.25) is 0 Å². The van der Waals surface area contributed by atoms with E-state index in [1.807, 2.05) is 6.20 Å². The molecule has 3 nitrogen and oxygen atoms in total. The van der Waals surface area contributed by atoms with Crippen molar-refractivity contribution in [1.82, 2.24) is 10.3 Å². The number of rotatable bonds is 1. The van der Waals surface area contributed by atoms with Crippen LogP contribution in [0.3, 0.4) is 0 Å². The van der Waals surface area contributed by atoms with Crippen LogP contribution in [-0.4, -0.2) is 18.1 Å². The van der Waals surface area contributed by atoms with Crippen LogP contribution >= 0.6 is 0 Å². The molecular weight excluding hydrogens is 162 g/mol. The predicted octanol–water partition coefficient (Wildman–Crippen LogP) is 0.895. The zero-order chi connectivity index (χ0) is 8.67. The molecule has 0 atom stereocenters. The molecule has 13 heavy (non-hydrogen) atoms. The lowest BCUT2D eigenvalue weighted by atomic mass is 10.1. The summed E-state index contributed by atoms with van der Waals surface area (Å²) in [6.07, 6.45) is 3.33. The summed E-state index contributed by atoms with van der Waals surface area (Å²) in [4.78, 5) is 6.79. The maximum atomic E-state index is 4.46. The van der Waals surface area contributed by atoms with Crippen LogP contribution in [0, 0.1) is 0 Å². The van der Waals surface area contributed by atoms with Gasteiger partial charge in [0.1, 0.15) is 5.82 Å². The van der Waals surface area contributed by atoms with Gasteiger partial charge in [-0.2, -0.15) is 0 Å². The zero-order valence-corrected chi connectivity index (χ0v) is 7.58. The Bertz CT molecular complexity index is 331. The van der Waals surface area contributed by atoms with Gasteiger partial charge in [0.25, 0.3) is 0 Å². The van der Waals surface area contributed by atoms with E-state index in [1.165, 1.54) is 30.6 Å². The molecule has 0 unspecified atom stereocenters. The smallest absolute Gasteiger partial charge is 0.128 e. The van der Waals surface area contributed by atoms with Gasteiger partial charge in [-0.25, -0.2) is 4.98 Å². The molecule has 2 aliphatic rings. The first-order chi connectivity index (χ1) is 6.43. The van der Waals surface area contributed by atoms with Crippen LogP contribution < -0.4 is 10.2 Å². The third kappa shape index (κ3) is 1.11. The van der Waals surface area contributed by atoms with Crippen molar-refractivity contribution in [3.63, 3.8) is 0 Å². The van der Waals surface area contributed by atoms with Gasteiger partial charge < -0.3 is 10.2 Å². The second-order valence-electron chi connectivity index (χ2n) is 3.76. The summed E-state index contributed by atoms with van der Waals surface area (Å²) in [6.45, 7) is 4.36. The summed E-state index contributed by atoms with van der Waals surface area (Å²) in [5, 5.41) is 3.33. The lowest BCUT2D eigenvalue weighted by Gasteiger charge is -2.32. The van der Waals surface area contributed by atoms with Crippen molar-refractivity contribution in [3.8, 4) is 0 Å². The fourth-order valence-corrected chi connectivity index (χ4v) is 1.89. The van der Waals surface area contributed by atoms with Gasteiger partial charge in [-0.05, 0) is 23.6 Å². The van der Waals surface area contributed by atoms with Crippen molar-refractivity contribution in [2.75, 3.05) is 18.0 Å². The second kappa shape index (κ2) is 2.70. The number of hydrogen-bond donors (Lipinski definition) is 1. The summed E-state index contributed by atoms with van der Waals surface area (Å²) in [6, 6.07) is 2.23. The van der Waals surface area contributed by atoms with E-state index >= 15 is 0 Å². The van der Waals surface area contributed by atoms with Gasteiger partial charge >= 0.3 is 0 Å². The molecule has 0 bridgehead atoms. The molecule has 0 aromatic carbocycles. The molecule has 3 heterocycles. The highest BCUT2D eigenvalue weighted by molar-refractivity contribution is 5.46. The number of pyridine rings is 1. The Labute approximate surface area is 77.8 Å². The molecule has 3 heteroatoms. The van der Waals surface area contributed by atoms with Gasteiger partial charge in [0.05, 0.1) is 0 Å². The van der Waals surface area contributed by atoms with E-state index in [0.29, 0.717) is 0 Å². The minimum absolute atomic E-state index is 0.989. The van der Waals surface area contributed by atoms with Crippen molar-refractivity contribution in [2.24, 2.45) is 0 Å². The third-order valence-electron chi connectivity index (χ3n) is 2.88. The van der Waals surface area contributed by atoms with Crippen molar-refractivity contribution < 1.29 is 0 Å². The van der Waals surface area contributed by atoms with Gasteiger partial charge in [0.2, 0.25) is 0 Å². The lowest BCUT2D eigenvalue weighted by Crippen LogP contribution is -2.37. The van der Waals surface area contributed by atoms with Crippen molar-refractivity contribution in [2.45, 2.75) is 19.5 Å². The molecule has 0 saturated carbocycles. The molecule has 0 aliphatic carbocycles. The Kier molecular flexibility index (Phi) is 1.52. The average molecular weight is 175 g/mol. The molecule has 2 aliphatic heterocycles. The Morgan fingerprint density at radius 2 is 2.08 bits per heavy atom. The maximum absolute atomic E-state index is 4.46. The van der Waals surface area contributed by atoms with Gasteiger partial charge in [0.15, 0.2) is 0 Å². The number of aromatic nitrogens is 1. The highest BCUT2D eigenvalue weighted by Gasteiger charge is 2.18. The van der Waals surface area contributed by atoms with Gasteiger partial charge in [0, 0.05) is 32.4 Å².